The summed E-state index contributed by atoms with van der Waals surface area (Å²) in [5, 5.41) is 14.2. The van der Waals surface area contributed by atoms with E-state index in [9.17, 15) is 4.79 Å². The lowest BCUT2D eigenvalue weighted by Crippen LogP contribution is -2.29. The average Bonchev–Trinajstić information content (AvgIpc) is 2.38. The third kappa shape index (κ3) is 5.35. The van der Waals surface area contributed by atoms with Gasteiger partial charge in [0.1, 0.15) is 0 Å². The van der Waals surface area contributed by atoms with Gasteiger partial charge in [-0.05, 0) is 24.6 Å². The van der Waals surface area contributed by atoms with Crippen LogP contribution in [0, 0.1) is 11.3 Å². The number of nitrogens with one attached hydrogen (secondary N) is 2. The fraction of sp³-hybridized carbons (Fsp3) is 0.429. The zero-order valence-corrected chi connectivity index (χ0v) is 10.7. The molecule has 0 bridgehead atoms. The van der Waals surface area contributed by atoms with Crippen molar-refractivity contribution in [2.24, 2.45) is 0 Å². The Labute approximate surface area is 108 Å². The van der Waals surface area contributed by atoms with Gasteiger partial charge in [-0.25, -0.2) is 4.79 Å². The average molecular weight is 245 g/mol. The molecule has 0 unspecified atom stereocenters. The van der Waals surface area contributed by atoms with Crippen LogP contribution >= 0.6 is 0 Å². The van der Waals surface area contributed by atoms with Gasteiger partial charge in [0.05, 0.1) is 11.6 Å². The minimum Gasteiger partial charge on any atom is -0.338 e. The maximum atomic E-state index is 11.5. The van der Waals surface area contributed by atoms with Crippen LogP contribution in [0.2, 0.25) is 0 Å². The van der Waals surface area contributed by atoms with Crippen LogP contribution < -0.4 is 10.6 Å². The fourth-order valence-corrected chi connectivity index (χ4v) is 1.60. The first kappa shape index (κ1) is 14.0. The van der Waals surface area contributed by atoms with E-state index in [-0.39, 0.29) is 6.03 Å². The topological polar surface area (TPSA) is 64.9 Å². The van der Waals surface area contributed by atoms with Crippen molar-refractivity contribution in [3.8, 4) is 6.07 Å². The molecule has 4 nitrogen and oxygen atoms in total. The molecule has 0 spiro atoms. The molecule has 0 aromatic heterocycles. The molecule has 0 heterocycles. The highest BCUT2D eigenvalue weighted by molar-refractivity contribution is 5.89. The zero-order chi connectivity index (χ0) is 13.2. The lowest BCUT2D eigenvalue weighted by atomic mass is 10.2. The fourth-order valence-electron chi connectivity index (χ4n) is 1.60. The van der Waals surface area contributed by atoms with E-state index in [2.05, 4.69) is 17.6 Å². The molecule has 1 aromatic rings. The van der Waals surface area contributed by atoms with Crippen molar-refractivity contribution < 1.29 is 4.79 Å². The molecular formula is C14H19N3O. The van der Waals surface area contributed by atoms with E-state index in [1.165, 1.54) is 12.8 Å². The van der Waals surface area contributed by atoms with Gasteiger partial charge in [0.15, 0.2) is 0 Å². The van der Waals surface area contributed by atoms with Crippen LogP contribution in [0.5, 0.6) is 0 Å². The Morgan fingerprint density at radius 1 is 1.33 bits per heavy atom. The third-order valence-corrected chi connectivity index (χ3v) is 2.57. The summed E-state index contributed by atoms with van der Waals surface area (Å²) in [6.07, 6.45) is 4.53. The number of nitrogens with zero attached hydrogens (tertiary/aromatic N) is 1. The van der Waals surface area contributed by atoms with Gasteiger partial charge in [0.2, 0.25) is 0 Å². The number of anilines is 1. The molecule has 0 saturated heterocycles. The predicted octanol–water partition coefficient (Wildman–Crippen LogP) is 3.26. The first-order valence-electron chi connectivity index (χ1n) is 6.31. The van der Waals surface area contributed by atoms with Crippen molar-refractivity contribution in [1.29, 1.82) is 5.26 Å². The van der Waals surface area contributed by atoms with Gasteiger partial charge in [-0.3, -0.25) is 0 Å². The van der Waals surface area contributed by atoms with E-state index >= 15 is 0 Å². The van der Waals surface area contributed by atoms with Crippen LogP contribution in [-0.2, 0) is 0 Å². The van der Waals surface area contributed by atoms with E-state index < -0.39 is 0 Å². The van der Waals surface area contributed by atoms with Crippen molar-refractivity contribution >= 4 is 11.7 Å². The molecular weight excluding hydrogens is 226 g/mol. The van der Waals surface area contributed by atoms with Crippen LogP contribution in [0.25, 0.3) is 0 Å². The molecule has 0 fully saturated rings. The quantitative estimate of drug-likeness (QED) is 0.755. The van der Waals surface area contributed by atoms with E-state index in [0.717, 1.165) is 12.8 Å². The number of rotatable bonds is 6. The minimum absolute atomic E-state index is 0.221. The molecule has 0 aliphatic rings. The van der Waals surface area contributed by atoms with Gasteiger partial charge >= 0.3 is 6.03 Å². The van der Waals surface area contributed by atoms with Gasteiger partial charge in [-0.15, -0.1) is 0 Å². The first-order chi connectivity index (χ1) is 8.76. The number of unbranched alkanes of at least 4 members (excludes halogenated alkanes) is 3. The SMILES string of the molecule is CCCCCCNC(=O)Nc1cccc(C#N)c1. The highest BCUT2D eigenvalue weighted by Gasteiger charge is 2.01. The molecule has 0 radical (unpaired) electrons. The van der Waals surface area contributed by atoms with Gasteiger partial charge in [0, 0.05) is 12.2 Å². The number of hydrogen-bond donors (Lipinski definition) is 2. The Hall–Kier alpha value is -2.02. The molecule has 96 valence electrons. The molecule has 4 heteroatoms. The molecule has 1 rings (SSSR count). The molecule has 0 aliphatic heterocycles. The first-order valence-corrected chi connectivity index (χ1v) is 6.31. The summed E-state index contributed by atoms with van der Waals surface area (Å²) in [7, 11) is 0. The van der Waals surface area contributed by atoms with Crippen LogP contribution in [0.4, 0.5) is 10.5 Å². The van der Waals surface area contributed by atoms with Gasteiger partial charge in [-0.1, -0.05) is 32.3 Å². The predicted molar refractivity (Wildman–Crippen MR) is 72.3 cm³/mol. The largest absolute Gasteiger partial charge is 0.338 e. The summed E-state index contributed by atoms with van der Waals surface area (Å²) < 4.78 is 0. The van der Waals surface area contributed by atoms with Crippen LogP contribution in [0.15, 0.2) is 24.3 Å². The third-order valence-electron chi connectivity index (χ3n) is 2.57. The normalized spacial score (nSPS) is 9.56. The van der Waals surface area contributed by atoms with Crippen LogP contribution in [-0.4, -0.2) is 12.6 Å². The number of carbonyl (C=O) groups is 1. The number of hydrogen-bond acceptors (Lipinski definition) is 2. The van der Waals surface area contributed by atoms with Gasteiger partial charge in [-0.2, -0.15) is 5.26 Å². The maximum absolute atomic E-state index is 11.5. The van der Waals surface area contributed by atoms with E-state index in [4.69, 9.17) is 5.26 Å². The van der Waals surface area contributed by atoms with Crippen LogP contribution in [0.3, 0.4) is 0 Å². The molecule has 1 aromatic carbocycles. The maximum Gasteiger partial charge on any atom is 0.319 e. The van der Waals surface area contributed by atoms with Crippen molar-refractivity contribution in [1.82, 2.24) is 5.32 Å². The Morgan fingerprint density at radius 3 is 2.89 bits per heavy atom. The summed E-state index contributed by atoms with van der Waals surface area (Å²) in [5.41, 5.74) is 1.18. The molecule has 0 aliphatic carbocycles. The highest BCUT2D eigenvalue weighted by Crippen LogP contribution is 2.09. The summed E-state index contributed by atoms with van der Waals surface area (Å²) in [5.74, 6) is 0. The molecule has 2 N–H and O–H groups in total. The summed E-state index contributed by atoms with van der Waals surface area (Å²) in [6, 6.07) is 8.67. The van der Waals surface area contributed by atoms with Gasteiger partial charge < -0.3 is 10.6 Å². The Bertz CT molecular complexity index is 423. The smallest absolute Gasteiger partial charge is 0.319 e. The second kappa shape index (κ2) is 8.13. The number of carbonyl (C=O) groups excluding carboxylic acids is 1. The minimum atomic E-state index is -0.221. The summed E-state index contributed by atoms with van der Waals surface area (Å²) >= 11 is 0. The zero-order valence-electron chi connectivity index (χ0n) is 10.7. The second-order valence-corrected chi connectivity index (χ2v) is 4.13. The van der Waals surface area contributed by atoms with E-state index in [0.29, 0.717) is 17.8 Å². The van der Waals surface area contributed by atoms with E-state index in [1.807, 2.05) is 6.07 Å². The lowest BCUT2D eigenvalue weighted by molar-refractivity contribution is 0.252. The highest BCUT2D eigenvalue weighted by atomic mass is 16.2. The lowest BCUT2D eigenvalue weighted by Gasteiger charge is -2.07. The monoisotopic (exact) mass is 245 g/mol. The Balaban J connectivity index is 2.29. The van der Waals surface area contributed by atoms with Crippen molar-refractivity contribution in [2.75, 3.05) is 11.9 Å². The Morgan fingerprint density at radius 2 is 2.17 bits per heavy atom. The number of nitriles is 1. The summed E-state index contributed by atoms with van der Waals surface area (Å²) in [4.78, 5) is 11.5. The van der Waals surface area contributed by atoms with Gasteiger partial charge in [0.25, 0.3) is 0 Å². The standard InChI is InChI=1S/C14H19N3O/c1-2-3-4-5-9-16-14(18)17-13-8-6-7-12(10-13)11-15/h6-8,10H,2-5,9H2,1H3,(H2,16,17,18). The molecule has 0 saturated carbocycles. The van der Waals surface area contributed by atoms with Crippen molar-refractivity contribution in [2.45, 2.75) is 32.6 Å². The number of urea groups is 1. The summed E-state index contributed by atoms with van der Waals surface area (Å²) in [6.45, 7) is 2.84. The Kier molecular flexibility index (Phi) is 6.34. The molecule has 2 amide bonds. The number of amides is 2. The van der Waals surface area contributed by atoms with Crippen molar-refractivity contribution in [3.05, 3.63) is 29.8 Å². The molecule has 0 atom stereocenters. The number of benzene rings is 1. The van der Waals surface area contributed by atoms with Crippen LogP contribution in [0.1, 0.15) is 38.2 Å². The van der Waals surface area contributed by atoms with Crippen molar-refractivity contribution in [3.63, 3.8) is 0 Å². The second-order valence-electron chi connectivity index (χ2n) is 4.13. The van der Waals surface area contributed by atoms with E-state index in [1.54, 1.807) is 24.3 Å². The molecule has 18 heavy (non-hydrogen) atoms.